The third-order valence-corrected chi connectivity index (χ3v) is 4.94. The summed E-state index contributed by atoms with van der Waals surface area (Å²) < 4.78 is 25.1. The lowest BCUT2D eigenvalue weighted by molar-refractivity contribution is -0.666. The molecule has 0 atom stereocenters. The van der Waals surface area contributed by atoms with E-state index in [1.165, 1.54) is 0 Å². The van der Waals surface area contributed by atoms with E-state index in [2.05, 4.69) is 4.85 Å². The van der Waals surface area contributed by atoms with Crippen LogP contribution in [-0.2, 0) is 7.05 Å². The van der Waals surface area contributed by atoms with Gasteiger partial charge in [-0.3, -0.25) is 0 Å². The zero-order valence-corrected chi connectivity index (χ0v) is 15.6. The van der Waals surface area contributed by atoms with Crippen molar-refractivity contribution in [3.63, 3.8) is 0 Å². The van der Waals surface area contributed by atoms with E-state index < -0.39 is 0 Å². The monoisotopic (exact) mass is 343 g/mol. The van der Waals surface area contributed by atoms with Crippen molar-refractivity contribution in [3.05, 3.63) is 70.2 Å². The van der Waals surface area contributed by atoms with Crippen molar-refractivity contribution in [1.82, 2.24) is 0 Å². The topological polar surface area (TPSA) is 21.4 Å². The van der Waals surface area contributed by atoms with Crippen molar-refractivity contribution >= 4 is 27.6 Å². The average molecular weight is 343 g/mol. The van der Waals surface area contributed by atoms with Crippen LogP contribution in [0.4, 0.5) is 5.69 Å². The highest BCUT2D eigenvalue weighted by molar-refractivity contribution is 6.13. The van der Waals surface area contributed by atoms with E-state index in [0.717, 1.165) is 38.9 Å². The lowest BCUT2D eigenvalue weighted by atomic mass is 9.99. The van der Waals surface area contributed by atoms with E-state index >= 15 is 0 Å². The largest absolute Gasteiger partial charge is 0.466 e. The van der Waals surface area contributed by atoms with E-state index in [9.17, 15) is 0 Å². The van der Waals surface area contributed by atoms with Gasteiger partial charge >= 0.3 is 0 Å². The summed E-state index contributed by atoms with van der Waals surface area (Å²) in [5.74, 6) is 0. The summed E-state index contributed by atoms with van der Waals surface area (Å²) in [7, 11) is 1.88. The second-order valence-electron chi connectivity index (χ2n) is 6.88. The highest BCUT2D eigenvalue weighted by Gasteiger charge is 2.22. The van der Waals surface area contributed by atoms with Gasteiger partial charge in [-0.15, -0.1) is 0 Å². The van der Waals surface area contributed by atoms with Gasteiger partial charge in [-0.1, -0.05) is 23.8 Å². The van der Waals surface area contributed by atoms with Crippen molar-refractivity contribution in [2.24, 2.45) is 7.05 Å². The number of hydrogen-bond donors (Lipinski definition) is 0. The first-order valence-electron chi connectivity index (χ1n) is 9.57. The van der Waals surface area contributed by atoms with Crippen LogP contribution in [0.5, 0.6) is 0 Å². The van der Waals surface area contributed by atoms with Crippen LogP contribution in [0.2, 0.25) is 0 Å². The Morgan fingerprint density at radius 2 is 1.77 bits per heavy atom. The number of rotatable bonds is 1. The van der Waals surface area contributed by atoms with Gasteiger partial charge < -0.3 is 4.42 Å². The molecule has 3 nitrogen and oxygen atoms in total. The number of hydrogen-bond acceptors (Lipinski definition) is 1. The molecule has 0 saturated heterocycles. The molecule has 0 N–H and O–H groups in total. The molecule has 2 aromatic heterocycles. The minimum atomic E-state index is 0.329. The SMILES string of the molecule is [2H]c1c(C)c([2H])c(-c2c(C)ccc3c2oc2c([N+]#[C-])cc(C)cc23)[n+](C)c1C. The molecule has 0 fully saturated rings. The van der Waals surface area contributed by atoms with Crippen LogP contribution in [0.3, 0.4) is 0 Å². The molecule has 26 heavy (non-hydrogen) atoms. The van der Waals surface area contributed by atoms with Crippen molar-refractivity contribution in [2.75, 3.05) is 0 Å². The van der Waals surface area contributed by atoms with Gasteiger partial charge in [0.1, 0.15) is 18.2 Å². The maximum absolute atomic E-state index is 8.70. The molecule has 2 heterocycles. The van der Waals surface area contributed by atoms with Crippen LogP contribution >= 0.6 is 0 Å². The summed E-state index contributed by atoms with van der Waals surface area (Å²) in [5, 5.41) is 1.86. The Hall–Kier alpha value is -3.12. The van der Waals surface area contributed by atoms with Gasteiger partial charge in [-0.05, 0) is 38.0 Å². The normalized spacial score (nSPS) is 12.3. The molecule has 4 rings (SSSR count). The molecule has 0 unspecified atom stereocenters. The molecule has 0 spiro atoms. The number of pyridine rings is 1. The predicted octanol–water partition coefficient (Wildman–Crippen LogP) is 5.86. The number of furan rings is 1. The molecule has 0 bridgehead atoms. The smallest absolute Gasteiger partial charge is 0.229 e. The first kappa shape index (κ1) is 14.1. The molecule has 0 radical (unpaired) electrons. The van der Waals surface area contributed by atoms with Crippen LogP contribution in [-0.4, -0.2) is 0 Å². The molecule has 0 aliphatic rings. The lowest BCUT2D eigenvalue weighted by Crippen LogP contribution is -2.35. The molecular weight excluding hydrogens is 320 g/mol. The summed E-state index contributed by atoms with van der Waals surface area (Å²) in [6.07, 6.45) is 0. The van der Waals surface area contributed by atoms with Crippen molar-refractivity contribution in [2.45, 2.75) is 27.7 Å². The number of aryl methyl sites for hydroxylation is 2. The average Bonchev–Trinajstić information content (AvgIpc) is 3.04. The number of aromatic nitrogens is 1. The minimum absolute atomic E-state index is 0.329. The van der Waals surface area contributed by atoms with Crippen LogP contribution < -0.4 is 4.57 Å². The van der Waals surface area contributed by atoms with Gasteiger partial charge in [0, 0.05) is 29.8 Å². The van der Waals surface area contributed by atoms with Crippen molar-refractivity contribution in [3.8, 4) is 11.3 Å². The minimum Gasteiger partial charge on any atom is -0.466 e. The van der Waals surface area contributed by atoms with E-state index in [1.54, 1.807) is 0 Å². The first-order valence-corrected chi connectivity index (χ1v) is 8.57. The van der Waals surface area contributed by atoms with E-state index in [-0.39, 0.29) is 0 Å². The highest BCUT2D eigenvalue weighted by Crippen LogP contribution is 2.40. The Balaban J connectivity index is 2.23. The second kappa shape index (κ2) is 5.71. The summed E-state index contributed by atoms with van der Waals surface area (Å²) in [6, 6.07) is 8.65. The molecule has 4 aromatic rings. The first-order chi connectivity index (χ1) is 13.3. The van der Waals surface area contributed by atoms with Crippen LogP contribution in [0.15, 0.2) is 40.8 Å². The van der Waals surface area contributed by atoms with Crippen LogP contribution in [0, 0.1) is 34.3 Å². The lowest BCUT2D eigenvalue weighted by Gasteiger charge is -2.08. The molecule has 0 aliphatic carbocycles. The van der Waals surface area contributed by atoms with Gasteiger partial charge in [0.15, 0.2) is 5.69 Å². The van der Waals surface area contributed by atoms with E-state index in [4.69, 9.17) is 13.7 Å². The molecule has 0 saturated carbocycles. The fraction of sp³-hybridized carbons (Fsp3) is 0.217. The Morgan fingerprint density at radius 3 is 2.50 bits per heavy atom. The molecule has 2 aromatic carbocycles. The van der Waals surface area contributed by atoms with E-state index in [0.29, 0.717) is 34.5 Å². The Labute approximate surface area is 156 Å². The van der Waals surface area contributed by atoms with Gasteiger partial charge in [0.05, 0.1) is 14.9 Å². The number of nitrogens with zero attached hydrogens (tertiary/aromatic N) is 2. The quantitative estimate of drug-likeness (QED) is 0.313. The predicted molar refractivity (Wildman–Crippen MR) is 106 cm³/mol. The molecular formula is C23H21N2O+. The second-order valence-corrected chi connectivity index (χ2v) is 6.88. The van der Waals surface area contributed by atoms with Gasteiger partial charge in [-0.25, -0.2) is 4.85 Å². The Bertz CT molecular complexity index is 1310. The zero-order valence-electron chi connectivity index (χ0n) is 17.6. The fourth-order valence-corrected chi connectivity index (χ4v) is 3.59. The third-order valence-electron chi connectivity index (χ3n) is 4.94. The standard InChI is InChI=1S/C23H21N2O/c1-13-9-16(4)25(6)20(12-13)21-15(3)7-8-17-18-10-14(2)11-19(24-5)22(18)26-23(17)21/h7-12H,1-4,6H3/q+1/i9D,12D. The maximum Gasteiger partial charge on any atom is 0.229 e. The molecule has 0 amide bonds. The van der Waals surface area contributed by atoms with E-state index in [1.807, 2.05) is 63.6 Å². The third kappa shape index (κ3) is 2.30. The summed E-state index contributed by atoms with van der Waals surface area (Å²) >= 11 is 0. The van der Waals surface area contributed by atoms with Gasteiger partial charge in [-0.2, -0.15) is 4.57 Å². The summed E-state index contributed by atoms with van der Waals surface area (Å²) in [5.41, 5.74) is 6.81. The Kier molecular flexibility index (Phi) is 3.09. The van der Waals surface area contributed by atoms with Crippen LogP contribution in [0.25, 0.3) is 38.0 Å². The van der Waals surface area contributed by atoms with Crippen molar-refractivity contribution < 1.29 is 11.7 Å². The molecule has 3 heteroatoms. The van der Waals surface area contributed by atoms with Gasteiger partial charge in [0.25, 0.3) is 0 Å². The maximum atomic E-state index is 8.70. The number of fused-ring (bicyclic) bond motifs is 3. The Morgan fingerprint density at radius 1 is 1.00 bits per heavy atom. The highest BCUT2D eigenvalue weighted by atomic mass is 16.3. The summed E-state index contributed by atoms with van der Waals surface area (Å²) in [6.45, 7) is 15.2. The van der Waals surface area contributed by atoms with Crippen molar-refractivity contribution in [1.29, 1.82) is 0 Å². The van der Waals surface area contributed by atoms with Crippen LogP contribution in [0.1, 0.15) is 25.1 Å². The summed E-state index contributed by atoms with van der Waals surface area (Å²) in [4.78, 5) is 3.64. The van der Waals surface area contributed by atoms with Gasteiger partial charge in [0.2, 0.25) is 11.4 Å². The fourth-order valence-electron chi connectivity index (χ4n) is 3.59. The molecule has 128 valence electrons. The molecule has 0 aliphatic heterocycles. The number of benzene rings is 2. The zero-order chi connectivity index (χ0) is 20.3.